The number of carboxylic acids is 1. The summed E-state index contributed by atoms with van der Waals surface area (Å²) in [6.07, 6.45) is 2.28. The number of nitrogens with one attached hydrogen (secondary N) is 1. The number of hydrogen-bond donors (Lipinski definition) is 2. The Morgan fingerprint density at radius 2 is 2.00 bits per heavy atom. The molecule has 10 nitrogen and oxygen atoms in total. The number of nitro groups is 1. The van der Waals surface area contributed by atoms with Gasteiger partial charge >= 0.3 is 5.97 Å². The number of aromatic nitrogens is 2. The fourth-order valence-electron chi connectivity index (χ4n) is 2.20. The first-order valence-corrected chi connectivity index (χ1v) is 8.79. The van der Waals surface area contributed by atoms with Gasteiger partial charge < -0.3 is 5.11 Å². The summed E-state index contributed by atoms with van der Waals surface area (Å²) < 4.78 is 28.0. The highest BCUT2D eigenvalue weighted by molar-refractivity contribution is 7.89. The number of nitro benzene ring substituents is 1. The van der Waals surface area contributed by atoms with Crippen molar-refractivity contribution in [2.24, 2.45) is 0 Å². The van der Waals surface area contributed by atoms with E-state index in [1.807, 2.05) is 0 Å². The van der Waals surface area contributed by atoms with Crippen LogP contribution >= 0.6 is 0 Å². The molecule has 0 aliphatic rings. The Morgan fingerprint density at radius 3 is 2.68 bits per heavy atom. The molecule has 1 heterocycles. The molecule has 2 aromatic rings. The second-order valence-corrected chi connectivity index (χ2v) is 6.81. The molecule has 0 amide bonds. The Morgan fingerprint density at radius 1 is 1.28 bits per heavy atom. The zero-order valence-corrected chi connectivity index (χ0v) is 13.8. The number of unbranched alkanes of at least 4 members (excludes halogenated alkanes) is 1. The van der Waals surface area contributed by atoms with Gasteiger partial charge in [0.15, 0.2) is 4.90 Å². The second kappa shape index (κ2) is 7.85. The summed E-state index contributed by atoms with van der Waals surface area (Å²) in [6.45, 7) is 0.389. The molecule has 2 rings (SSSR count). The van der Waals surface area contributed by atoms with Gasteiger partial charge in [-0.1, -0.05) is 12.1 Å². The SMILES string of the molecule is O=C(O)c1ccnn1CCCCNS(=O)(=O)c1ccccc1[N+](=O)[O-]. The van der Waals surface area contributed by atoms with Crippen LogP contribution in [-0.2, 0) is 16.6 Å². The Balaban J connectivity index is 1.90. The Hall–Kier alpha value is -2.79. The standard InChI is InChI=1S/C14H16N4O6S/c19-14(20)12-7-9-15-17(12)10-4-3-8-16-25(23,24)13-6-2-1-5-11(13)18(21)22/h1-2,5-7,9,16H,3-4,8,10H2,(H,19,20). The van der Waals surface area contributed by atoms with Crippen molar-refractivity contribution in [2.75, 3.05) is 6.54 Å². The number of carbonyl (C=O) groups is 1. The number of benzene rings is 1. The number of aromatic carboxylic acids is 1. The largest absolute Gasteiger partial charge is 0.477 e. The molecule has 0 unspecified atom stereocenters. The van der Waals surface area contributed by atoms with Gasteiger partial charge in [0.2, 0.25) is 10.0 Å². The van der Waals surface area contributed by atoms with Gasteiger partial charge in [0.05, 0.1) is 4.92 Å². The third-order valence-electron chi connectivity index (χ3n) is 3.38. The van der Waals surface area contributed by atoms with Crippen molar-refractivity contribution in [3.8, 4) is 0 Å². The molecule has 25 heavy (non-hydrogen) atoms. The molecular formula is C14H16N4O6S. The first-order chi connectivity index (χ1) is 11.8. The van der Waals surface area contributed by atoms with E-state index < -0.39 is 26.6 Å². The summed E-state index contributed by atoms with van der Waals surface area (Å²) in [6, 6.07) is 6.47. The predicted molar refractivity (Wildman–Crippen MR) is 86.7 cm³/mol. The number of aryl methyl sites for hydroxylation is 1. The lowest BCUT2D eigenvalue weighted by Crippen LogP contribution is -2.25. The molecule has 2 N–H and O–H groups in total. The van der Waals surface area contributed by atoms with Crippen LogP contribution in [0.15, 0.2) is 41.4 Å². The van der Waals surface area contributed by atoms with E-state index in [1.54, 1.807) is 0 Å². The van der Waals surface area contributed by atoms with Crippen LogP contribution < -0.4 is 4.72 Å². The summed E-state index contributed by atoms with van der Waals surface area (Å²) in [5.41, 5.74) is -0.432. The van der Waals surface area contributed by atoms with Crippen LogP contribution in [0.25, 0.3) is 0 Å². The molecule has 0 saturated carbocycles. The van der Waals surface area contributed by atoms with Crippen LogP contribution in [0, 0.1) is 10.1 Å². The van der Waals surface area contributed by atoms with Crippen molar-refractivity contribution in [1.82, 2.24) is 14.5 Å². The normalized spacial score (nSPS) is 11.4. The van der Waals surface area contributed by atoms with E-state index in [4.69, 9.17) is 5.11 Å². The average molecular weight is 368 g/mol. The summed E-state index contributed by atoms with van der Waals surface area (Å²) in [7, 11) is -4.00. The topological polar surface area (TPSA) is 144 Å². The van der Waals surface area contributed by atoms with E-state index in [9.17, 15) is 23.3 Å². The van der Waals surface area contributed by atoms with E-state index in [2.05, 4.69) is 9.82 Å². The summed E-state index contributed by atoms with van der Waals surface area (Å²) in [5, 5.41) is 23.8. The maximum absolute atomic E-state index is 12.2. The van der Waals surface area contributed by atoms with E-state index in [0.29, 0.717) is 19.4 Å². The van der Waals surface area contributed by atoms with Gasteiger partial charge in [-0.2, -0.15) is 5.10 Å². The third kappa shape index (κ3) is 4.61. The highest BCUT2D eigenvalue weighted by Crippen LogP contribution is 2.22. The molecule has 11 heteroatoms. The minimum Gasteiger partial charge on any atom is -0.477 e. The molecular weight excluding hydrogens is 352 g/mol. The van der Waals surface area contributed by atoms with E-state index in [-0.39, 0.29) is 17.1 Å². The van der Waals surface area contributed by atoms with Crippen LogP contribution in [-0.4, -0.2) is 40.7 Å². The highest BCUT2D eigenvalue weighted by atomic mass is 32.2. The van der Waals surface area contributed by atoms with E-state index in [0.717, 1.165) is 6.07 Å². The van der Waals surface area contributed by atoms with Crippen molar-refractivity contribution in [2.45, 2.75) is 24.3 Å². The van der Waals surface area contributed by atoms with Crippen LogP contribution in [0.1, 0.15) is 23.3 Å². The Bertz CT molecular complexity index is 877. The first kappa shape index (κ1) is 18.5. The predicted octanol–water partition coefficient (Wildman–Crippen LogP) is 1.25. The lowest BCUT2D eigenvalue weighted by Gasteiger charge is -2.08. The summed E-state index contributed by atoms with van der Waals surface area (Å²) in [4.78, 5) is 20.7. The van der Waals surface area contributed by atoms with Crippen molar-refractivity contribution >= 4 is 21.7 Å². The van der Waals surface area contributed by atoms with Gasteiger partial charge in [0, 0.05) is 25.4 Å². The molecule has 0 saturated heterocycles. The van der Waals surface area contributed by atoms with Crippen LogP contribution in [0.3, 0.4) is 0 Å². The van der Waals surface area contributed by atoms with Crippen molar-refractivity contribution in [3.05, 3.63) is 52.3 Å². The molecule has 0 fully saturated rings. The van der Waals surface area contributed by atoms with Crippen molar-refractivity contribution in [1.29, 1.82) is 0 Å². The minimum atomic E-state index is -4.00. The molecule has 0 radical (unpaired) electrons. The van der Waals surface area contributed by atoms with Crippen LogP contribution in [0.2, 0.25) is 0 Å². The average Bonchev–Trinajstić information content (AvgIpc) is 3.03. The zero-order valence-electron chi connectivity index (χ0n) is 13.0. The Labute approximate surface area is 143 Å². The monoisotopic (exact) mass is 368 g/mol. The maximum Gasteiger partial charge on any atom is 0.354 e. The van der Waals surface area contributed by atoms with E-state index in [1.165, 1.54) is 35.1 Å². The molecule has 0 spiro atoms. The number of rotatable bonds is 9. The molecule has 0 aliphatic carbocycles. The lowest BCUT2D eigenvalue weighted by atomic mass is 10.3. The number of hydrogen-bond acceptors (Lipinski definition) is 6. The zero-order chi connectivity index (χ0) is 18.4. The van der Waals surface area contributed by atoms with E-state index >= 15 is 0 Å². The molecule has 0 atom stereocenters. The molecule has 1 aromatic carbocycles. The quantitative estimate of drug-likeness (QED) is 0.385. The van der Waals surface area contributed by atoms with Gasteiger partial charge in [-0.05, 0) is 25.0 Å². The number of nitrogens with zero attached hydrogens (tertiary/aromatic N) is 3. The maximum atomic E-state index is 12.2. The smallest absolute Gasteiger partial charge is 0.354 e. The van der Waals surface area contributed by atoms with Crippen LogP contribution in [0.4, 0.5) is 5.69 Å². The van der Waals surface area contributed by atoms with Gasteiger partial charge in [-0.3, -0.25) is 14.8 Å². The lowest BCUT2D eigenvalue weighted by molar-refractivity contribution is -0.387. The van der Waals surface area contributed by atoms with Crippen molar-refractivity contribution < 1.29 is 23.2 Å². The minimum absolute atomic E-state index is 0.0560. The molecule has 0 bridgehead atoms. The Kier molecular flexibility index (Phi) is 5.83. The van der Waals surface area contributed by atoms with Crippen molar-refractivity contribution in [3.63, 3.8) is 0 Å². The fraction of sp³-hybridized carbons (Fsp3) is 0.286. The second-order valence-electron chi connectivity index (χ2n) is 5.07. The molecule has 1 aromatic heterocycles. The summed E-state index contributed by atoms with van der Waals surface area (Å²) in [5.74, 6) is -1.09. The number of para-hydroxylation sites is 1. The summed E-state index contributed by atoms with van der Waals surface area (Å²) >= 11 is 0. The van der Waals surface area contributed by atoms with Crippen LogP contribution in [0.5, 0.6) is 0 Å². The molecule has 134 valence electrons. The highest BCUT2D eigenvalue weighted by Gasteiger charge is 2.24. The van der Waals surface area contributed by atoms with Gasteiger partial charge in [-0.25, -0.2) is 17.9 Å². The molecule has 0 aliphatic heterocycles. The first-order valence-electron chi connectivity index (χ1n) is 7.31. The third-order valence-corrected chi connectivity index (χ3v) is 4.88. The van der Waals surface area contributed by atoms with Gasteiger partial charge in [-0.15, -0.1) is 0 Å². The van der Waals surface area contributed by atoms with Gasteiger partial charge in [0.25, 0.3) is 5.69 Å². The number of carboxylic acid groups (broad SMARTS) is 1. The fourth-order valence-corrected chi connectivity index (χ4v) is 3.44. The number of sulfonamides is 1. The van der Waals surface area contributed by atoms with Gasteiger partial charge in [0.1, 0.15) is 5.69 Å².